The summed E-state index contributed by atoms with van der Waals surface area (Å²) in [6.45, 7) is 0.924. The molecule has 0 spiro atoms. The number of benzene rings is 3. The van der Waals surface area contributed by atoms with Gasteiger partial charge >= 0.3 is 0 Å². The Kier molecular flexibility index (Phi) is 6.07. The van der Waals surface area contributed by atoms with E-state index in [1.165, 1.54) is 0 Å². The Morgan fingerprint density at radius 2 is 1.68 bits per heavy atom. The van der Waals surface area contributed by atoms with Crippen LogP contribution >= 0.6 is 0 Å². The standard InChI is InChI=1S/C27H24N4O3/c32-25(15-24-27(33)29-22-13-7-8-14-23(22)34-24)28-16-21-18-31(17-19-9-3-1-4-10-19)30-26(21)20-11-5-2-6-12-20/h1-14,18,24H,15-17H2,(H,28,32)(H,29,33)/t24-/m0/s1. The summed E-state index contributed by atoms with van der Waals surface area (Å²) in [5.74, 6) is -0.0303. The molecule has 0 radical (unpaired) electrons. The van der Waals surface area contributed by atoms with Crippen molar-refractivity contribution >= 4 is 17.5 Å². The van der Waals surface area contributed by atoms with E-state index in [4.69, 9.17) is 9.84 Å². The van der Waals surface area contributed by atoms with Gasteiger partial charge in [0.05, 0.1) is 24.3 Å². The van der Waals surface area contributed by atoms with Crippen molar-refractivity contribution in [1.82, 2.24) is 15.1 Å². The summed E-state index contributed by atoms with van der Waals surface area (Å²) in [7, 11) is 0. The Bertz CT molecular complexity index is 1300. The van der Waals surface area contributed by atoms with Crippen LogP contribution in [0, 0.1) is 0 Å². The van der Waals surface area contributed by atoms with Crippen molar-refractivity contribution in [2.45, 2.75) is 25.6 Å². The van der Waals surface area contributed by atoms with Crippen molar-refractivity contribution in [1.29, 1.82) is 0 Å². The van der Waals surface area contributed by atoms with Crippen LogP contribution in [0.1, 0.15) is 17.5 Å². The van der Waals surface area contributed by atoms with Crippen LogP contribution < -0.4 is 15.4 Å². The summed E-state index contributed by atoms with van der Waals surface area (Å²) in [6, 6.07) is 27.2. The van der Waals surface area contributed by atoms with Crippen LogP contribution in [0.15, 0.2) is 91.1 Å². The van der Waals surface area contributed by atoms with Crippen LogP contribution in [0.2, 0.25) is 0 Å². The number of hydrogen-bond acceptors (Lipinski definition) is 4. The second-order valence-electron chi connectivity index (χ2n) is 8.12. The predicted octanol–water partition coefficient (Wildman–Crippen LogP) is 4.00. The first-order valence-electron chi connectivity index (χ1n) is 11.1. The van der Waals surface area contributed by atoms with Crippen LogP contribution in [-0.2, 0) is 22.7 Å². The number of hydrogen-bond donors (Lipinski definition) is 2. The average molecular weight is 453 g/mol. The van der Waals surface area contributed by atoms with E-state index < -0.39 is 6.10 Å². The van der Waals surface area contributed by atoms with Gasteiger partial charge in [-0.1, -0.05) is 72.8 Å². The second kappa shape index (κ2) is 9.62. The summed E-state index contributed by atoms with van der Waals surface area (Å²) < 4.78 is 7.62. The zero-order valence-corrected chi connectivity index (χ0v) is 18.5. The molecule has 0 fully saturated rings. The molecule has 0 saturated heterocycles. The summed E-state index contributed by atoms with van der Waals surface area (Å²) in [6.07, 6.45) is 1.01. The van der Waals surface area contributed by atoms with Crippen molar-refractivity contribution in [3.05, 3.63) is 102 Å². The lowest BCUT2D eigenvalue weighted by molar-refractivity contribution is -0.130. The van der Waals surface area contributed by atoms with Gasteiger partial charge in [0.15, 0.2) is 6.10 Å². The highest BCUT2D eigenvalue weighted by Gasteiger charge is 2.29. The monoisotopic (exact) mass is 452 g/mol. The molecule has 1 aliphatic rings. The van der Waals surface area contributed by atoms with Crippen LogP contribution in [0.25, 0.3) is 11.3 Å². The smallest absolute Gasteiger partial charge is 0.266 e. The Morgan fingerprint density at radius 3 is 2.47 bits per heavy atom. The molecule has 5 rings (SSSR count). The summed E-state index contributed by atoms with van der Waals surface area (Å²) >= 11 is 0. The SMILES string of the molecule is O=C(C[C@@H]1Oc2ccccc2NC1=O)NCc1cn(Cc2ccccc2)nc1-c1ccccc1. The van der Waals surface area contributed by atoms with E-state index in [0.29, 0.717) is 24.5 Å². The molecule has 4 aromatic rings. The van der Waals surface area contributed by atoms with Gasteiger partial charge in [0.25, 0.3) is 5.91 Å². The van der Waals surface area contributed by atoms with Gasteiger partial charge in [-0.15, -0.1) is 0 Å². The summed E-state index contributed by atoms with van der Waals surface area (Å²) in [5.41, 5.74) is 4.45. The lowest BCUT2D eigenvalue weighted by Gasteiger charge is -2.25. The molecular weight excluding hydrogens is 428 g/mol. The maximum absolute atomic E-state index is 12.7. The van der Waals surface area contributed by atoms with Crippen molar-refractivity contribution in [3.63, 3.8) is 0 Å². The molecule has 1 aromatic heterocycles. The van der Waals surface area contributed by atoms with Crippen LogP contribution in [0.4, 0.5) is 5.69 Å². The first kappa shape index (κ1) is 21.5. The average Bonchev–Trinajstić information content (AvgIpc) is 3.27. The maximum Gasteiger partial charge on any atom is 0.266 e. The van der Waals surface area contributed by atoms with Gasteiger partial charge in [0, 0.05) is 23.9 Å². The molecule has 0 bridgehead atoms. The molecule has 7 heteroatoms. The number of amides is 2. The van der Waals surface area contributed by atoms with Crippen LogP contribution in [0.3, 0.4) is 0 Å². The molecule has 0 aliphatic carbocycles. The molecule has 1 aliphatic heterocycles. The van der Waals surface area contributed by atoms with E-state index in [1.807, 2.05) is 71.5 Å². The Labute approximate surface area is 197 Å². The summed E-state index contributed by atoms with van der Waals surface area (Å²) in [5, 5.41) is 10.5. The largest absolute Gasteiger partial charge is 0.478 e. The molecule has 1 atom stereocenters. The minimum Gasteiger partial charge on any atom is -0.478 e. The third kappa shape index (κ3) is 4.83. The van der Waals surface area contributed by atoms with Gasteiger partial charge < -0.3 is 15.4 Å². The Balaban J connectivity index is 1.28. The highest BCUT2D eigenvalue weighted by atomic mass is 16.5. The van der Waals surface area contributed by atoms with Gasteiger partial charge in [0.1, 0.15) is 5.75 Å². The van der Waals surface area contributed by atoms with E-state index >= 15 is 0 Å². The molecule has 170 valence electrons. The molecular formula is C27H24N4O3. The van der Waals surface area contributed by atoms with Crippen molar-refractivity contribution in [3.8, 4) is 17.0 Å². The van der Waals surface area contributed by atoms with E-state index in [0.717, 1.165) is 22.4 Å². The maximum atomic E-state index is 12.7. The number of fused-ring (bicyclic) bond motifs is 1. The number of nitrogens with one attached hydrogen (secondary N) is 2. The predicted molar refractivity (Wildman–Crippen MR) is 129 cm³/mol. The van der Waals surface area contributed by atoms with Crippen LogP contribution in [-0.4, -0.2) is 27.7 Å². The quantitative estimate of drug-likeness (QED) is 0.444. The highest BCUT2D eigenvalue weighted by molar-refractivity contribution is 5.99. The number of carbonyl (C=O) groups excluding carboxylic acids is 2. The Hall–Kier alpha value is -4.39. The van der Waals surface area contributed by atoms with Gasteiger partial charge in [0.2, 0.25) is 5.91 Å². The van der Waals surface area contributed by atoms with Gasteiger partial charge in [-0.2, -0.15) is 5.10 Å². The number of carbonyl (C=O) groups is 2. The van der Waals surface area contributed by atoms with Crippen molar-refractivity contribution in [2.24, 2.45) is 0 Å². The molecule has 0 unspecified atom stereocenters. The first-order valence-corrected chi connectivity index (χ1v) is 11.1. The molecule has 2 heterocycles. The fourth-order valence-corrected chi connectivity index (χ4v) is 3.94. The first-order chi connectivity index (χ1) is 16.7. The minimum absolute atomic E-state index is 0.0704. The van der Waals surface area contributed by atoms with Gasteiger partial charge in [-0.25, -0.2) is 0 Å². The number of aromatic nitrogens is 2. The number of rotatable bonds is 7. The van der Waals surface area contributed by atoms with Crippen LogP contribution in [0.5, 0.6) is 5.75 Å². The van der Waals surface area contributed by atoms with Crippen molar-refractivity contribution in [2.75, 3.05) is 5.32 Å². The fraction of sp³-hybridized carbons (Fsp3) is 0.148. The molecule has 3 aromatic carbocycles. The molecule has 2 N–H and O–H groups in total. The van der Waals surface area contributed by atoms with E-state index in [-0.39, 0.29) is 18.2 Å². The number of anilines is 1. The van der Waals surface area contributed by atoms with E-state index in [2.05, 4.69) is 22.8 Å². The topological polar surface area (TPSA) is 85.2 Å². The van der Waals surface area contributed by atoms with Gasteiger partial charge in [-0.3, -0.25) is 14.3 Å². The molecule has 34 heavy (non-hydrogen) atoms. The zero-order valence-electron chi connectivity index (χ0n) is 18.5. The Morgan fingerprint density at radius 1 is 0.971 bits per heavy atom. The van der Waals surface area contributed by atoms with Crippen molar-refractivity contribution < 1.29 is 14.3 Å². The zero-order chi connectivity index (χ0) is 23.3. The third-order valence-electron chi connectivity index (χ3n) is 5.63. The summed E-state index contributed by atoms with van der Waals surface area (Å²) in [4.78, 5) is 25.0. The third-order valence-corrected chi connectivity index (χ3v) is 5.63. The van der Waals surface area contributed by atoms with E-state index in [9.17, 15) is 9.59 Å². The molecule has 0 saturated carbocycles. The number of ether oxygens (including phenoxy) is 1. The fourth-order valence-electron chi connectivity index (χ4n) is 3.94. The van der Waals surface area contributed by atoms with E-state index in [1.54, 1.807) is 12.1 Å². The lowest BCUT2D eigenvalue weighted by atomic mass is 10.1. The lowest BCUT2D eigenvalue weighted by Crippen LogP contribution is -2.40. The molecule has 2 amide bonds. The second-order valence-corrected chi connectivity index (χ2v) is 8.12. The minimum atomic E-state index is -0.871. The normalized spacial score (nSPS) is 14.6. The number of nitrogens with zero attached hydrogens (tertiary/aromatic N) is 2. The van der Waals surface area contributed by atoms with Gasteiger partial charge in [-0.05, 0) is 17.7 Å². The number of para-hydroxylation sites is 2. The molecule has 7 nitrogen and oxygen atoms in total. The highest BCUT2D eigenvalue weighted by Crippen LogP contribution is 2.29.